The summed E-state index contributed by atoms with van der Waals surface area (Å²) in [5.41, 5.74) is 2.51. The highest BCUT2D eigenvalue weighted by Crippen LogP contribution is 2.12. The molecule has 0 fully saturated rings. The van der Waals surface area contributed by atoms with E-state index in [0.717, 1.165) is 22.4 Å². The molecule has 16 heavy (non-hydrogen) atoms. The third kappa shape index (κ3) is 2.35. The zero-order valence-corrected chi connectivity index (χ0v) is 9.43. The van der Waals surface area contributed by atoms with Crippen molar-refractivity contribution in [2.75, 3.05) is 14.2 Å². The zero-order valence-electron chi connectivity index (χ0n) is 9.43. The van der Waals surface area contributed by atoms with Crippen LogP contribution >= 0.6 is 0 Å². The van der Waals surface area contributed by atoms with Gasteiger partial charge in [0, 0.05) is 19.6 Å². The van der Waals surface area contributed by atoms with Crippen molar-refractivity contribution in [3.63, 3.8) is 0 Å². The molecule has 0 spiro atoms. The molecule has 2 aromatic rings. The van der Waals surface area contributed by atoms with Gasteiger partial charge in [0.15, 0.2) is 5.65 Å². The Hall–Kier alpha value is -1.52. The maximum absolute atomic E-state index is 5.04. The lowest BCUT2D eigenvalue weighted by Gasteiger charge is -2.03. The van der Waals surface area contributed by atoms with Gasteiger partial charge in [0.25, 0.3) is 0 Å². The quantitative estimate of drug-likeness (QED) is 0.786. The van der Waals surface area contributed by atoms with E-state index < -0.39 is 0 Å². The van der Waals surface area contributed by atoms with E-state index in [2.05, 4.69) is 9.97 Å². The topological polar surface area (TPSA) is 44.2 Å². The Morgan fingerprint density at radius 2 is 1.38 bits per heavy atom. The highest BCUT2D eigenvalue weighted by atomic mass is 16.5. The molecular formula is C12H14N2O2. The number of rotatable bonds is 4. The minimum atomic E-state index is 0.506. The fourth-order valence-corrected chi connectivity index (χ4v) is 1.53. The minimum Gasteiger partial charge on any atom is -0.378 e. The average Bonchev–Trinajstić information content (AvgIpc) is 2.29. The maximum Gasteiger partial charge on any atom is 0.159 e. The molecule has 2 rings (SSSR count). The molecule has 0 atom stereocenters. The number of nitrogens with zero attached hydrogens (tertiary/aromatic N) is 2. The summed E-state index contributed by atoms with van der Waals surface area (Å²) in [6.07, 6.45) is 0. The molecule has 0 saturated carbocycles. The lowest BCUT2D eigenvalue weighted by Crippen LogP contribution is -1.97. The summed E-state index contributed by atoms with van der Waals surface area (Å²) in [6.45, 7) is 1.01. The van der Waals surface area contributed by atoms with E-state index >= 15 is 0 Å². The lowest BCUT2D eigenvalue weighted by molar-refractivity contribution is 0.181. The van der Waals surface area contributed by atoms with Crippen LogP contribution in [0.25, 0.3) is 11.0 Å². The van der Waals surface area contributed by atoms with Gasteiger partial charge in [0.2, 0.25) is 0 Å². The SMILES string of the molecule is COCc1ccc2ccc(COC)nc2n1. The van der Waals surface area contributed by atoms with E-state index in [-0.39, 0.29) is 0 Å². The van der Waals surface area contributed by atoms with Crippen molar-refractivity contribution in [1.29, 1.82) is 0 Å². The molecule has 2 aromatic heterocycles. The van der Waals surface area contributed by atoms with Gasteiger partial charge in [0.1, 0.15) is 0 Å². The Morgan fingerprint density at radius 3 is 1.81 bits per heavy atom. The first-order valence-corrected chi connectivity index (χ1v) is 5.07. The summed E-state index contributed by atoms with van der Waals surface area (Å²) in [7, 11) is 3.31. The summed E-state index contributed by atoms with van der Waals surface area (Å²) < 4.78 is 10.1. The standard InChI is InChI=1S/C12H14N2O2/c1-15-7-10-5-3-9-4-6-11(8-16-2)14-12(9)13-10/h3-6H,7-8H2,1-2H3. The van der Waals surface area contributed by atoms with E-state index in [9.17, 15) is 0 Å². The molecule has 4 heteroatoms. The molecule has 0 saturated heterocycles. The molecule has 84 valence electrons. The van der Waals surface area contributed by atoms with Crippen molar-refractivity contribution in [2.45, 2.75) is 13.2 Å². The molecule has 0 bridgehead atoms. The fraction of sp³-hybridized carbons (Fsp3) is 0.333. The second kappa shape index (κ2) is 5.01. The highest BCUT2D eigenvalue weighted by Gasteiger charge is 2.01. The molecule has 0 amide bonds. The second-order valence-electron chi connectivity index (χ2n) is 3.52. The van der Waals surface area contributed by atoms with Crippen LogP contribution in [0.3, 0.4) is 0 Å². The van der Waals surface area contributed by atoms with Crippen molar-refractivity contribution in [3.8, 4) is 0 Å². The first-order chi connectivity index (χ1) is 7.83. The monoisotopic (exact) mass is 218 g/mol. The molecule has 2 heterocycles. The van der Waals surface area contributed by atoms with E-state index in [0.29, 0.717) is 13.2 Å². The average molecular weight is 218 g/mol. The van der Waals surface area contributed by atoms with Gasteiger partial charge in [-0.25, -0.2) is 9.97 Å². The molecule has 0 unspecified atom stereocenters. The Balaban J connectivity index is 2.39. The third-order valence-electron chi connectivity index (χ3n) is 2.25. The Labute approximate surface area is 94.2 Å². The Kier molecular flexibility index (Phi) is 3.44. The molecule has 0 aliphatic carbocycles. The number of ether oxygens (including phenoxy) is 2. The number of hydrogen-bond donors (Lipinski definition) is 0. The van der Waals surface area contributed by atoms with Crippen LogP contribution in [0.4, 0.5) is 0 Å². The van der Waals surface area contributed by atoms with Crippen molar-refractivity contribution < 1.29 is 9.47 Å². The third-order valence-corrected chi connectivity index (χ3v) is 2.25. The number of pyridine rings is 2. The number of fused-ring (bicyclic) bond motifs is 1. The van der Waals surface area contributed by atoms with Gasteiger partial charge in [-0.3, -0.25) is 0 Å². The van der Waals surface area contributed by atoms with Crippen LogP contribution < -0.4 is 0 Å². The van der Waals surface area contributed by atoms with Crippen LogP contribution in [0.15, 0.2) is 24.3 Å². The summed E-state index contributed by atoms with van der Waals surface area (Å²) >= 11 is 0. The molecule has 4 nitrogen and oxygen atoms in total. The van der Waals surface area contributed by atoms with Crippen LogP contribution in [0.5, 0.6) is 0 Å². The number of hydrogen-bond acceptors (Lipinski definition) is 4. The summed E-state index contributed by atoms with van der Waals surface area (Å²) in [5.74, 6) is 0. The van der Waals surface area contributed by atoms with Gasteiger partial charge in [-0.05, 0) is 24.3 Å². The van der Waals surface area contributed by atoms with Crippen LogP contribution in [-0.2, 0) is 22.7 Å². The fourth-order valence-electron chi connectivity index (χ4n) is 1.53. The van der Waals surface area contributed by atoms with E-state index in [4.69, 9.17) is 9.47 Å². The van der Waals surface area contributed by atoms with Crippen molar-refractivity contribution in [2.24, 2.45) is 0 Å². The van der Waals surface area contributed by atoms with Crippen LogP contribution in [0.1, 0.15) is 11.4 Å². The van der Waals surface area contributed by atoms with Gasteiger partial charge in [-0.2, -0.15) is 0 Å². The first kappa shape index (κ1) is 11.0. The minimum absolute atomic E-state index is 0.506. The van der Waals surface area contributed by atoms with Crippen LogP contribution in [0.2, 0.25) is 0 Å². The zero-order chi connectivity index (χ0) is 11.4. The van der Waals surface area contributed by atoms with E-state index in [1.54, 1.807) is 14.2 Å². The van der Waals surface area contributed by atoms with Gasteiger partial charge >= 0.3 is 0 Å². The normalized spacial score (nSPS) is 10.9. The summed E-state index contributed by atoms with van der Waals surface area (Å²) in [5, 5.41) is 1.03. The largest absolute Gasteiger partial charge is 0.378 e. The number of aromatic nitrogens is 2. The predicted molar refractivity (Wildman–Crippen MR) is 61.0 cm³/mol. The van der Waals surface area contributed by atoms with Crippen LogP contribution in [-0.4, -0.2) is 24.2 Å². The molecule has 0 radical (unpaired) electrons. The Morgan fingerprint density at radius 1 is 0.875 bits per heavy atom. The molecule has 0 aliphatic rings. The Bertz CT molecular complexity index is 445. The van der Waals surface area contributed by atoms with Gasteiger partial charge in [0.05, 0.1) is 24.6 Å². The van der Waals surface area contributed by atoms with Gasteiger partial charge in [-0.15, -0.1) is 0 Å². The second-order valence-corrected chi connectivity index (χ2v) is 3.52. The molecule has 0 N–H and O–H groups in total. The van der Waals surface area contributed by atoms with Gasteiger partial charge in [-0.1, -0.05) is 0 Å². The van der Waals surface area contributed by atoms with Crippen LogP contribution in [0, 0.1) is 0 Å². The predicted octanol–water partition coefficient (Wildman–Crippen LogP) is 1.92. The first-order valence-electron chi connectivity index (χ1n) is 5.07. The van der Waals surface area contributed by atoms with E-state index in [1.165, 1.54) is 0 Å². The van der Waals surface area contributed by atoms with Crippen molar-refractivity contribution in [3.05, 3.63) is 35.7 Å². The highest BCUT2D eigenvalue weighted by molar-refractivity contribution is 5.74. The molecule has 0 aromatic carbocycles. The molecule has 0 aliphatic heterocycles. The maximum atomic E-state index is 5.04. The van der Waals surface area contributed by atoms with Crippen molar-refractivity contribution >= 4 is 11.0 Å². The smallest absolute Gasteiger partial charge is 0.159 e. The lowest BCUT2D eigenvalue weighted by atomic mass is 10.2. The molecular weight excluding hydrogens is 204 g/mol. The number of methoxy groups -OCH3 is 2. The van der Waals surface area contributed by atoms with E-state index in [1.807, 2.05) is 24.3 Å². The summed E-state index contributed by atoms with van der Waals surface area (Å²) in [6, 6.07) is 7.90. The summed E-state index contributed by atoms with van der Waals surface area (Å²) in [4.78, 5) is 8.83. The van der Waals surface area contributed by atoms with Crippen molar-refractivity contribution in [1.82, 2.24) is 9.97 Å². The van der Waals surface area contributed by atoms with Gasteiger partial charge < -0.3 is 9.47 Å².